The van der Waals surface area contributed by atoms with E-state index in [2.05, 4.69) is 15.0 Å². The van der Waals surface area contributed by atoms with Crippen molar-refractivity contribution in [2.24, 2.45) is 11.8 Å². The van der Waals surface area contributed by atoms with E-state index in [0.717, 1.165) is 103 Å². The lowest BCUT2D eigenvalue weighted by Gasteiger charge is -2.35. The van der Waals surface area contributed by atoms with Crippen LogP contribution in [0.25, 0.3) is 0 Å². The summed E-state index contributed by atoms with van der Waals surface area (Å²) in [6.07, 6.45) is 7.82. The molecule has 1 aromatic heterocycles. The number of hydrogen-bond acceptors (Lipinski definition) is 6. The van der Waals surface area contributed by atoms with Crippen molar-refractivity contribution >= 4 is 5.91 Å². The minimum absolute atomic E-state index is 0.179. The van der Waals surface area contributed by atoms with Crippen LogP contribution in [0.2, 0.25) is 0 Å². The van der Waals surface area contributed by atoms with Crippen LogP contribution in [-0.2, 0) is 20.7 Å². The van der Waals surface area contributed by atoms with Crippen molar-refractivity contribution in [3.05, 3.63) is 11.7 Å². The molecule has 0 unspecified atom stereocenters. The molecule has 1 amide bonds. The summed E-state index contributed by atoms with van der Waals surface area (Å²) in [7, 11) is 0. The summed E-state index contributed by atoms with van der Waals surface area (Å²) in [5, 5.41) is 4.18. The Bertz CT molecular complexity index is 600. The van der Waals surface area contributed by atoms with Gasteiger partial charge in [0.05, 0.1) is 0 Å². The van der Waals surface area contributed by atoms with E-state index in [1.165, 1.54) is 0 Å². The first kappa shape index (κ1) is 18.9. The molecular formula is C20H31N3O4. The van der Waals surface area contributed by atoms with Crippen LogP contribution in [0.3, 0.4) is 0 Å². The first-order valence-corrected chi connectivity index (χ1v) is 10.6. The van der Waals surface area contributed by atoms with Crippen LogP contribution in [0.1, 0.15) is 62.6 Å². The third-order valence-electron chi connectivity index (χ3n) is 6.33. The van der Waals surface area contributed by atoms with Gasteiger partial charge in [-0.25, -0.2) is 0 Å². The Morgan fingerprint density at radius 2 is 1.63 bits per heavy atom. The fraction of sp³-hybridized carbons (Fsp3) is 0.850. The molecule has 3 saturated heterocycles. The molecule has 0 atom stereocenters. The Morgan fingerprint density at radius 1 is 0.963 bits per heavy atom. The van der Waals surface area contributed by atoms with Crippen LogP contribution < -0.4 is 0 Å². The average Bonchev–Trinajstić information content (AvgIpc) is 3.22. The standard InChI is InChI=1S/C20H31N3O4/c24-20(17-7-13-26-14-8-17)23-9-3-15(4-10-23)1-2-18-21-19(27-22-18)16-5-11-25-12-6-16/h15-17H,1-14H2. The number of rotatable bonds is 5. The molecule has 7 nitrogen and oxygen atoms in total. The number of likely N-dealkylation sites (tertiary alicyclic amines) is 1. The van der Waals surface area contributed by atoms with Gasteiger partial charge in [-0.3, -0.25) is 4.79 Å². The molecule has 0 aromatic carbocycles. The molecule has 0 radical (unpaired) electrons. The molecule has 0 N–H and O–H groups in total. The minimum atomic E-state index is 0.179. The minimum Gasteiger partial charge on any atom is -0.381 e. The molecule has 3 aliphatic heterocycles. The van der Waals surface area contributed by atoms with Gasteiger partial charge in [0.2, 0.25) is 11.8 Å². The van der Waals surface area contributed by atoms with Crippen LogP contribution in [0.15, 0.2) is 4.52 Å². The van der Waals surface area contributed by atoms with Crippen LogP contribution in [0.4, 0.5) is 0 Å². The third kappa shape index (κ3) is 4.88. The molecule has 3 fully saturated rings. The molecule has 7 heteroatoms. The fourth-order valence-electron chi connectivity index (χ4n) is 4.46. The first-order chi connectivity index (χ1) is 13.3. The molecule has 0 aliphatic carbocycles. The summed E-state index contributed by atoms with van der Waals surface area (Å²) >= 11 is 0. The smallest absolute Gasteiger partial charge is 0.229 e. The fourth-order valence-corrected chi connectivity index (χ4v) is 4.46. The maximum Gasteiger partial charge on any atom is 0.229 e. The Labute approximate surface area is 160 Å². The highest BCUT2D eigenvalue weighted by atomic mass is 16.5. The van der Waals surface area contributed by atoms with Crippen molar-refractivity contribution in [1.82, 2.24) is 15.0 Å². The van der Waals surface area contributed by atoms with Gasteiger partial charge in [0.1, 0.15) is 0 Å². The van der Waals surface area contributed by atoms with E-state index < -0.39 is 0 Å². The number of piperidine rings is 1. The number of carbonyl (C=O) groups is 1. The highest BCUT2D eigenvalue weighted by molar-refractivity contribution is 5.79. The van der Waals surface area contributed by atoms with E-state index in [-0.39, 0.29) is 5.92 Å². The normalized spacial score (nSPS) is 23.6. The van der Waals surface area contributed by atoms with Gasteiger partial charge in [0, 0.05) is 57.8 Å². The van der Waals surface area contributed by atoms with Gasteiger partial charge < -0.3 is 18.9 Å². The predicted octanol–water partition coefficient (Wildman–Crippen LogP) is 2.56. The van der Waals surface area contributed by atoms with Gasteiger partial charge in [-0.05, 0) is 50.9 Å². The second kappa shape index (κ2) is 9.15. The Kier molecular flexibility index (Phi) is 6.39. The van der Waals surface area contributed by atoms with E-state index in [9.17, 15) is 4.79 Å². The summed E-state index contributed by atoms with van der Waals surface area (Å²) in [5.74, 6) is 3.14. The number of nitrogens with zero attached hydrogens (tertiary/aromatic N) is 3. The second-order valence-corrected chi connectivity index (χ2v) is 8.13. The topological polar surface area (TPSA) is 77.7 Å². The molecule has 0 bridgehead atoms. The largest absolute Gasteiger partial charge is 0.381 e. The third-order valence-corrected chi connectivity index (χ3v) is 6.33. The van der Waals surface area contributed by atoms with E-state index in [0.29, 0.717) is 17.7 Å². The van der Waals surface area contributed by atoms with Crippen molar-refractivity contribution in [2.75, 3.05) is 39.5 Å². The average molecular weight is 377 g/mol. The number of hydrogen-bond donors (Lipinski definition) is 0. The van der Waals surface area contributed by atoms with E-state index >= 15 is 0 Å². The van der Waals surface area contributed by atoms with Crippen LogP contribution in [0.5, 0.6) is 0 Å². The Hall–Kier alpha value is -1.47. The number of amides is 1. The summed E-state index contributed by atoms with van der Waals surface area (Å²) in [5.41, 5.74) is 0. The lowest BCUT2D eigenvalue weighted by molar-refractivity contribution is -0.140. The summed E-state index contributed by atoms with van der Waals surface area (Å²) < 4.78 is 16.2. The van der Waals surface area contributed by atoms with Gasteiger partial charge in [-0.15, -0.1) is 0 Å². The summed E-state index contributed by atoms with van der Waals surface area (Å²) in [6, 6.07) is 0. The second-order valence-electron chi connectivity index (χ2n) is 8.13. The van der Waals surface area contributed by atoms with E-state index in [4.69, 9.17) is 14.0 Å². The highest BCUT2D eigenvalue weighted by Crippen LogP contribution is 2.27. The van der Waals surface area contributed by atoms with E-state index in [1.54, 1.807) is 0 Å². The molecule has 1 aromatic rings. The zero-order valence-corrected chi connectivity index (χ0v) is 16.1. The van der Waals surface area contributed by atoms with Crippen molar-refractivity contribution in [3.8, 4) is 0 Å². The molecule has 0 saturated carbocycles. The first-order valence-electron chi connectivity index (χ1n) is 10.6. The maximum atomic E-state index is 12.6. The van der Waals surface area contributed by atoms with Gasteiger partial charge in [0.25, 0.3) is 0 Å². The highest BCUT2D eigenvalue weighted by Gasteiger charge is 2.29. The zero-order chi connectivity index (χ0) is 18.5. The number of ether oxygens (including phenoxy) is 2. The molecule has 4 heterocycles. The van der Waals surface area contributed by atoms with Gasteiger partial charge >= 0.3 is 0 Å². The molecule has 3 aliphatic rings. The van der Waals surface area contributed by atoms with Crippen LogP contribution in [0, 0.1) is 11.8 Å². The maximum absolute atomic E-state index is 12.6. The van der Waals surface area contributed by atoms with Crippen LogP contribution >= 0.6 is 0 Å². The number of aryl methyl sites for hydroxylation is 1. The van der Waals surface area contributed by atoms with Crippen LogP contribution in [-0.4, -0.2) is 60.5 Å². The van der Waals surface area contributed by atoms with E-state index in [1.807, 2.05) is 0 Å². The predicted molar refractivity (Wildman–Crippen MR) is 98.3 cm³/mol. The van der Waals surface area contributed by atoms with Crippen molar-refractivity contribution in [3.63, 3.8) is 0 Å². The Morgan fingerprint density at radius 3 is 2.33 bits per heavy atom. The number of aromatic nitrogens is 2. The zero-order valence-electron chi connectivity index (χ0n) is 16.1. The molecule has 4 rings (SSSR count). The van der Waals surface area contributed by atoms with Gasteiger partial charge in [-0.1, -0.05) is 5.16 Å². The molecular weight excluding hydrogens is 346 g/mol. The molecule has 150 valence electrons. The number of carbonyl (C=O) groups excluding carboxylic acids is 1. The van der Waals surface area contributed by atoms with Gasteiger partial charge in [-0.2, -0.15) is 4.98 Å². The SMILES string of the molecule is O=C(C1CCOCC1)N1CCC(CCc2noc(C3CCOCC3)n2)CC1. The lowest BCUT2D eigenvalue weighted by atomic mass is 9.90. The molecule has 0 spiro atoms. The lowest BCUT2D eigenvalue weighted by Crippen LogP contribution is -2.43. The summed E-state index contributed by atoms with van der Waals surface area (Å²) in [6.45, 7) is 4.81. The monoisotopic (exact) mass is 377 g/mol. The Balaban J connectivity index is 1.19. The molecule has 27 heavy (non-hydrogen) atoms. The summed E-state index contributed by atoms with van der Waals surface area (Å²) in [4.78, 5) is 19.3. The van der Waals surface area contributed by atoms with Crippen molar-refractivity contribution in [1.29, 1.82) is 0 Å². The quantitative estimate of drug-likeness (QED) is 0.785. The van der Waals surface area contributed by atoms with Crippen molar-refractivity contribution < 1.29 is 18.8 Å². The van der Waals surface area contributed by atoms with Gasteiger partial charge in [0.15, 0.2) is 5.82 Å². The van der Waals surface area contributed by atoms with Crippen molar-refractivity contribution in [2.45, 2.75) is 57.3 Å².